The van der Waals surface area contributed by atoms with Crippen LogP contribution in [-0.2, 0) is 4.74 Å². The van der Waals surface area contributed by atoms with Crippen LogP contribution in [0.1, 0.15) is 33.1 Å². The molecule has 0 radical (unpaired) electrons. The van der Waals surface area contributed by atoms with Crippen LogP contribution in [0.25, 0.3) is 0 Å². The molecule has 1 aliphatic carbocycles. The highest BCUT2D eigenvalue weighted by molar-refractivity contribution is 5.24. The highest BCUT2D eigenvalue weighted by atomic mass is 16.5. The van der Waals surface area contributed by atoms with Gasteiger partial charge in [-0.3, -0.25) is 0 Å². The molecule has 0 saturated carbocycles. The fraction of sp³-hybridized carbons (Fsp3) is 0.692. The number of methoxy groups -OCH3 is 1. The van der Waals surface area contributed by atoms with Crippen molar-refractivity contribution in [2.24, 2.45) is 11.8 Å². The van der Waals surface area contributed by atoms with Crippen molar-refractivity contribution < 1.29 is 4.74 Å². The van der Waals surface area contributed by atoms with Gasteiger partial charge in [0.15, 0.2) is 0 Å². The van der Waals surface area contributed by atoms with Crippen LogP contribution >= 0.6 is 0 Å². The lowest BCUT2D eigenvalue weighted by Crippen LogP contribution is -2.06. The molecule has 0 heterocycles. The molecule has 1 nitrogen and oxygen atoms in total. The van der Waals surface area contributed by atoms with E-state index < -0.39 is 0 Å². The van der Waals surface area contributed by atoms with E-state index in [1.54, 1.807) is 7.11 Å². The maximum Gasteiger partial charge on any atom is 0.0462 e. The molecule has 1 heteroatoms. The molecule has 1 rings (SSSR count). The molecule has 2 atom stereocenters. The van der Waals surface area contributed by atoms with E-state index in [4.69, 9.17) is 4.74 Å². The summed E-state index contributed by atoms with van der Waals surface area (Å²) in [7, 11) is 1.77. The van der Waals surface area contributed by atoms with Gasteiger partial charge in [-0.15, -0.1) is 0 Å². The average molecular weight is 194 g/mol. The van der Waals surface area contributed by atoms with E-state index in [2.05, 4.69) is 32.1 Å². The van der Waals surface area contributed by atoms with Crippen LogP contribution in [-0.4, -0.2) is 13.7 Å². The number of ether oxygens (including phenoxy) is 1. The minimum absolute atomic E-state index is 0.706. The minimum atomic E-state index is 0.706. The number of allylic oxidation sites excluding steroid dienone is 4. The highest BCUT2D eigenvalue weighted by Crippen LogP contribution is 2.24. The van der Waals surface area contributed by atoms with Gasteiger partial charge >= 0.3 is 0 Å². The Morgan fingerprint density at radius 3 is 2.64 bits per heavy atom. The molecular weight excluding hydrogens is 172 g/mol. The van der Waals surface area contributed by atoms with E-state index in [9.17, 15) is 0 Å². The maximum absolute atomic E-state index is 5.03. The molecule has 80 valence electrons. The van der Waals surface area contributed by atoms with E-state index in [1.165, 1.54) is 24.8 Å². The molecule has 0 aromatic rings. The zero-order chi connectivity index (χ0) is 10.4. The zero-order valence-corrected chi connectivity index (χ0v) is 9.62. The number of hydrogen-bond donors (Lipinski definition) is 0. The van der Waals surface area contributed by atoms with Crippen molar-refractivity contribution in [3.05, 3.63) is 23.8 Å². The Hall–Kier alpha value is -0.560. The van der Waals surface area contributed by atoms with Crippen LogP contribution in [0.4, 0.5) is 0 Å². The van der Waals surface area contributed by atoms with Crippen LogP contribution in [0.15, 0.2) is 23.8 Å². The first kappa shape index (κ1) is 11.5. The molecule has 0 aromatic carbocycles. The predicted molar refractivity (Wildman–Crippen MR) is 61.3 cm³/mol. The molecule has 0 fully saturated rings. The summed E-state index contributed by atoms with van der Waals surface area (Å²) in [6.07, 6.45) is 10.7. The van der Waals surface area contributed by atoms with Crippen molar-refractivity contribution in [2.75, 3.05) is 13.7 Å². The number of unbranched alkanes of at least 4 members (excludes halogenated alkanes) is 1. The van der Waals surface area contributed by atoms with Crippen LogP contribution in [0.3, 0.4) is 0 Å². The van der Waals surface area contributed by atoms with Gasteiger partial charge in [0, 0.05) is 13.7 Å². The van der Waals surface area contributed by atoms with E-state index in [0.29, 0.717) is 11.8 Å². The van der Waals surface area contributed by atoms with Gasteiger partial charge in [-0.2, -0.15) is 0 Å². The summed E-state index contributed by atoms with van der Waals surface area (Å²) in [5.74, 6) is 1.41. The van der Waals surface area contributed by atoms with Gasteiger partial charge in [-0.25, -0.2) is 0 Å². The molecule has 14 heavy (non-hydrogen) atoms. The predicted octanol–water partition coefficient (Wildman–Crippen LogP) is 3.57. The lowest BCUT2D eigenvalue weighted by Gasteiger charge is -2.18. The Labute approximate surface area is 87.8 Å². The van der Waals surface area contributed by atoms with Crippen LogP contribution in [0, 0.1) is 11.8 Å². The van der Waals surface area contributed by atoms with Gasteiger partial charge in [-0.1, -0.05) is 37.6 Å². The van der Waals surface area contributed by atoms with Gasteiger partial charge in [0.05, 0.1) is 0 Å². The summed E-state index contributed by atoms with van der Waals surface area (Å²) in [5, 5.41) is 0. The number of rotatable bonds is 5. The SMILES string of the molecule is COCCCCC1=C[C@@H](C)[C@@H](C)C=C1. The van der Waals surface area contributed by atoms with Gasteiger partial charge in [0.1, 0.15) is 0 Å². The second-order valence-corrected chi connectivity index (χ2v) is 4.27. The Kier molecular flexibility index (Phi) is 4.95. The molecule has 0 unspecified atom stereocenters. The van der Waals surface area contributed by atoms with Crippen molar-refractivity contribution in [1.82, 2.24) is 0 Å². The molecule has 0 amide bonds. The summed E-state index contributed by atoms with van der Waals surface area (Å²) in [4.78, 5) is 0. The second kappa shape index (κ2) is 6.02. The number of hydrogen-bond acceptors (Lipinski definition) is 1. The first-order valence-electron chi connectivity index (χ1n) is 5.62. The van der Waals surface area contributed by atoms with E-state index in [1.807, 2.05) is 0 Å². The monoisotopic (exact) mass is 194 g/mol. The van der Waals surface area contributed by atoms with Crippen LogP contribution in [0.5, 0.6) is 0 Å². The molecule has 0 saturated heterocycles. The highest BCUT2D eigenvalue weighted by Gasteiger charge is 2.11. The largest absolute Gasteiger partial charge is 0.385 e. The average Bonchev–Trinajstić information content (AvgIpc) is 2.18. The maximum atomic E-state index is 5.03. The smallest absolute Gasteiger partial charge is 0.0462 e. The third-order valence-electron chi connectivity index (χ3n) is 2.98. The quantitative estimate of drug-likeness (QED) is 0.608. The molecule has 0 spiro atoms. The van der Waals surface area contributed by atoms with Gasteiger partial charge < -0.3 is 4.74 Å². The molecular formula is C13H22O. The normalized spacial score (nSPS) is 26.4. The van der Waals surface area contributed by atoms with E-state index in [0.717, 1.165) is 6.61 Å². The van der Waals surface area contributed by atoms with Crippen LogP contribution in [0.2, 0.25) is 0 Å². The minimum Gasteiger partial charge on any atom is -0.385 e. The van der Waals surface area contributed by atoms with Crippen molar-refractivity contribution in [2.45, 2.75) is 33.1 Å². The Balaban J connectivity index is 2.25. The fourth-order valence-electron chi connectivity index (χ4n) is 1.74. The summed E-state index contributed by atoms with van der Waals surface area (Å²) in [5.41, 5.74) is 1.51. The molecule has 1 aliphatic rings. The Morgan fingerprint density at radius 2 is 2.00 bits per heavy atom. The Bertz CT molecular complexity index is 215. The van der Waals surface area contributed by atoms with Crippen molar-refractivity contribution in [1.29, 1.82) is 0 Å². The van der Waals surface area contributed by atoms with Crippen LogP contribution < -0.4 is 0 Å². The van der Waals surface area contributed by atoms with Crippen molar-refractivity contribution in [3.63, 3.8) is 0 Å². The van der Waals surface area contributed by atoms with Gasteiger partial charge in [-0.05, 0) is 31.1 Å². The molecule has 0 bridgehead atoms. The second-order valence-electron chi connectivity index (χ2n) is 4.27. The third kappa shape index (κ3) is 3.67. The van der Waals surface area contributed by atoms with Gasteiger partial charge in [0.2, 0.25) is 0 Å². The van der Waals surface area contributed by atoms with E-state index in [-0.39, 0.29) is 0 Å². The molecule has 0 N–H and O–H groups in total. The first-order valence-corrected chi connectivity index (χ1v) is 5.62. The topological polar surface area (TPSA) is 9.23 Å². The fourth-order valence-corrected chi connectivity index (χ4v) is 1.74. The summed E-state index contributed by atoms with van der Waals surface area (Å²) >= 11 is 0. The lowest BCUT2D eigenvalue weighted by atomic mass is 9.87. The Morgan fingerprint density at radius 1 is 1.21 bits per heavy atom. The summed E-state index contributed by atoms with van der Waals surface area (Å²) in [6, 6.07) is 0. The third-order valence-corrected chi connectivity index (χ3v) is 2.98. The molecule has 0 aliphatic heterocycles. The first-order chi connectivity index (χ1) is 6.74. The lowest BCUT2D eigenvalue weighted by molar-refractivity contribution is 0.193. The van der Waals surface area contributed by atoms with Crippen molar-refractivity contribution in [3.8, 4) is 0 Å². The molecule has 0 aromatic heterocycles. The zero-order valence-electron chi connectivity index (χ0n) is 9.62. The summed E-state index contributed by atoms with van der Waals surface area (Å²) < 4.78 is 5.03. The van der Waals surface area contributed by atoms with E-state index >= 15 is 0 Å². The standard InChI is InChI=1S/C13H22O/c1-11-7-8-13(10-12(11)2)6-4-5-9-14-3/h7-8,10-12H,4-6,9H2,1-3H3/t11-,12+/m0/s1. The summed E-state index contributed by atoms with van der Waals surface area (Å²) in [6.45, 7) is 5.46. The van der Waals surface area contributed by atoms with Crippen molar-refractivity contribution >= 4 is 0 Å². The van der Waals surface area contributed by atoms with Gasteiger partial charge in [0.25, 0.3) is 0 Å².